The molecule has 0 bridgehead atoms. The van der Waals surface area contributed by atoms with Crippen LogP contribution in [-0.4, -0.2) is 57.4 Å². The molecule has 0 aliphatic rings. The number of aromatic hydroxyl groups is 1. The highest BCUT2D eigenvalue weighted by Gasteiger charge is 2.16. The second kappa shape index (κ2) is 15.0. The van der Waals surface area contributed by atoms with Gasteiger partial charge >= 0.3 is 11.9 Å². The number of hydrogen-bond acceptors (Lipinski definition) is 8. The Balaban J connectivity index is 0.000000380. The number of carbonyl (C=O) groups excluding carboxylic acids is 2. The fourth-order valence-corrected chi connectivity index (χ4v) is 3.61. The van der Waals surface area contributed by atoms with Crippen molar-refractivity contribution >= 4 is 43.8 Å². The molecule has 0 heterocycles. The van der Waals surface area contributed by atoms with Crippen molar-refractivity contribution in [2.45, 2.75) is 34.0 Å². The van der Waals surface area contributed by atoms with Gasteiger partial charge in [-0.2, -0.15) is 0 Å². The van der Waals surface area contributed by atoms with Crippen LogP contribution in [0.4, 0.5) is 0 Å². The van der Waals surface area contributed by atoms with E-state index in [2.05, 4.69) is 36.6 Å². The molecule has 0 saturated heterocycles. The van der Waals surface area contributed by atoms with E-state index < -0.39 is 18.2 Å². The van der Waals surface area contributed by atoms with Crippen molar-refractivity contribution in [2.24, 2.45) is 0 Å². The number of benzene rings is 2. The van der Waals surface area contributed by atoms with E-state index in [1.807, 2.05) is 20.8 Å². The first kappa shape index (κ1) is 29.9. The van der Waals surface area contributed by atoms with Crippen molar-refractivity contribution in [2.75, 3.05) is 34.0 Å². The van der Waals surface area contributed by atoms with Gasteiger partial charge in [-0.3, -0.25) is 0 Å². The smallest absolute Gasteiger partial charge is 0.338 e. The number of hydrogen-bond donors (Lipinski definition) is 1. The lowest BCUT2D eigenvalue weighted by Crippen LogP contribution is -2.25. The van der Waals surface area contributed by atoms with Gasteiger partial charge in [0.05, 0.1) is 25.3 Å². The highest BCUT2D eigenvalue weighted by molar-refractivity contribution is 9.10. The molecule has 0 fully saturated rings. The molecular weight excluding hydrogens is 576 g/mol. The van der Waals surface area contributed by atoms with Crippen molar-refractivity contribution in [3.63, 3.8) is 0 Å². The second-order valence-electron chi connectivity index (χ2n) is 6.81. The van der Waals surface area contributed by atoms with Gasteiger partial charge < -0.3 is 28.8 Å². The highest BCUT2D eigenvalue weighted by Crippen LogP contribution is 2.28. The van der Waals surface area contributed by atoms with Crippen molar-refractivity contribution in [1.29, 1.82) is 0 Å². The van der Waals surface area contributed by atoms with Gasteiger partial charge in [-0.15, -0.1) is 0 Å². The minimum atomic E-state index is -0.450. The standard InChI is InChI=1S/C15H21BrO5.C9H9BrO3/c1-5-19-14(20-6-2)9-21-11-7-12(15(17)18-4)10(3)13(16)8-11;1-5-7(9(12)13-2)3-6(11)4-8(5)10/h7-8,14H,5-6,9H2,1-4H3;3-4,11H,1-2H3. The summed E-state index contributed by atoms with van der Waals surface area (Å²) in [6, 6.07) is 6.37. The Kier molecular flexibility index (Phi) is 13.2. The summed E-state index contributed by atoms with van der Waals surface area (Å²) in [7, 11) is 2.66. The number of halogens is 2. The fourth-order valence-electron chi connectivity index (χ4n) is 2.73. The summed E-state index contributed by atoms with van der Waals surface area (Å²) < 4.78 is 27.3. The zero-order valence-corrected chi connectivity index (χ0v) is 23.2. The number of carbonyl (C=O) groups is 2. The average Bonchev–Trinajstić information content (AvgIpc) is 2.81. The van der Waals surface area contributed by atoms with Crippen LogP contribution in [0.15, 0.2) is 33.2 Å². The molecule has 0 atom stereocenters. The number of rotatable bonds is 9. The normalized spacial score (nSPS) is 10.4. The molecule has 0 aliphatic carbocycles. The van der Waals surface area contributed by atoms with Crippen molar-refractivity contribution in [1.82, 2.24) is 0 Å². The van der Waals surface area contributed by atoms with Crippen LogP contribution in [0.2, 0.25) is 0 Å². The lowest BCUT2D eigenvalue weighted by atomic mass is 10.1. The molecule has 0 unspecified atom stereocenters. The van der Waals surface area contributed by atoms with Crippen molar-refractivity contribution < 1.29 is 38.4 Å². The van der Waals surface area contributed by atoms with Crippen molar-refractivity contribution in [3.05, 3.63) is 55.5 Å². The number of phenols is 1. The van der Waals surface area contributed by atoms with Crippen LogP contribution in [0.5, 0.6) is 11.5 Å². The predicted molar refractivity (Wildman–Crippen MR) is 135 cm³/mol. The fraction of sp³-hybridized carbons (Fsp3) is 0.417. The summed E-state index contributed by atoms with van der Waals surface area (Å²) >= 11 is 6.64. The van der Waals surface area contributed by atoms with Gasteiger partial charge in [0.15, 0.2) is 6.29 Å². The minimum Gasteiger partial charge on any atom is -0.508 e. The zero-order valence-electron chi connectivity index (χ0n) is 20.1. The lowest BCUT2D eigenvalue weighted by molar-refractivity contribution is -0.152. The Bertz CT molecular complexity index is 972. The summed E-state index contributed by atoms with van der Waals surface area (Å²) in [5.74, 6) is -0.255. The molecule has 34 heavy (non-hydrogen) atoms. The number of methoxy groups -OCH3 is 2. The molecular formula is C24H30Br2O8. The summed E-state index contributed by atoms with van der Waals surface area (Å²) in [4.78, 5) is 22.9. The van der Waals surface area contributed by atoms with Crippen molar-refractivity contribution in [3.8, 4) is 11.5 Å². The molecule has 0 saturated carbocycles. The summed E-state index contributed by atoms with van der Waals surface area (Å²) in [6.07, 6.45) is -0.429. The molecule has 2 aromatic rings. The van der Waals surface area contributed by atoms with Crippen LogP contribution in [0.3, 0.4) is 0 Å². The lowest BCUT2D eigenvalue weighted by Gasteiger charge is -2.18. The zero-order chi connectivity index (χ0) is 25.8. The number of ether oxygens (including phenoxy) is 5. The SMILES string of the molecule is CCOC(COc1cc(Br)c(C)c(C(=O)OC)c1)OCC.COC(=O)c1cc(O)cc(Br)c1C. The van der Waals surface area contributed by atoms with Gasteiger partial charge in [0.2, 0.25) is 0 Å². The second-order valence-corrected chi connectivity index (χ2v) is 8.52. The molecule has 0 radical (unpaired) electrons. The quantitative estimate of drug-likeness (QED) is 0.292. The van der Waals surface area contributed by atoms with Gasteiger partial charge in [0, 0.05) is 22.2 Å². The maximum atomic E-state index is 11.7. The Morgan fingerprint density at radius 2 is 1.32 bits per heavy atom. The van der Waals surface area contributed by atoms with E-state index in [1.165, 1.54) is 26.4 Å². The molecule has 0 aliphatic heterocycles. The minimum absolute atomic E-state index is 0.0397. The van der Waals surface area contributed by atoms with Crippen LogP contribution in [0, 0.1) is 13.8 Å². The third-order valence-electron chi connectivity index (χ3n) is 4.55. The molecule has 188 valence electrons. The van der Waals surface area contributed by atoms with Crippen LogP contribution in [-0.2, 0) is 18.9 Å². The van der Waals surface area contributed by atoms with E-state index in [-0.39, 0.29) is 12.4 Å². The van der Waals surface area contributed by atoms with E-state index in [1.54, 1.807) is 19.1 Å². The average molecular weight is 606 g/mol. The molecule has 2 aromatic carbocycles. The molecule has 10 heteroatoms. The van der Waals surface area contributed by atoms with Crippen LogP contribution < -0.4 is 4.74 Å². The van der Waals surface area contributed by atoms with Crippen LogP contribution >= 0.6 is 31.9 Å². The van der Waals surface area contributed by atoms with Gasteiger partial charge in [0.25, 0.3) is 0 Å². The summed E-state index contributed by atoms with van der Waals surface area (Å²) in [6.45, 7) is 8.72. The van der Waals surface area contributed by atoms with E-state index in [4.69, 9.17) is 18.9 Å². The molecule has 2 rings (SSSR count). The van der Waals surface area contributed by atoms with Crippen LogP contribution in [0.25, 0.3) is 0 Å². The highest BCUT2D eigenvalue weighted by atomic mass is 79.9. The summed E-state index contributed by atoms with van der Waals surface area (Å²) in [5, 5.41) is 9.22. The predicted octanol–water partition coefficient (Wildman–Crippen LogP) is 5.57. The third kappa shape index (κ3) is 8.90. The van der Waals surface area contributed by atoms with E-state index in [9.17, 15) is 14.7 Å². The number of esters is 2. The first-order valence-corrected chi connectivity index (χ1v) is 12.0. The van der Waals surface area contributed by atoms with Gasteiger partial charge in [-0.1, -0.05) is 31.9 Å². The molecule has 0 amide bonds. The maximum Gasteiger partial charge on any atom is 0.338 e. The first-order valence-electron chi connectivity index (χ1n) is 10.4. The van der Waals surface area contributed by atoms with Gasteiger partial charge in [-0.05, 0) is 63.1 Å². The Morgan fingerprint density at radius 1 is 0.853 bits per heavy atom. The number of phenolic OH excluding ortho intramolecular Hbond substituents is 1. The van der Waals surface area contributed by atoms with Gasteiger partial charge in [0.1, 0.15) is 18.1 Å². The third-order valence-corrected chi connectivity index (χ3v) is 6.20. The Labute approximate surface area is 216 Å². The van der Waals surface area contributed by atoms with E-state index in [0.29, 0.717) is 34.6 Å². The first-order chi connectivity index (χ1) is 16.1. The van der Waals surface area contributed by atoms with E-state index >= 15 is 0 Å². The summed E-state index contributed by atoms with van der Waals surface area (Å²) in [5.41, 5.74) is 2.39. The Hall–Kier alpha value is -2.14. The van der Waals surface area contributed by atoms with E-state index in [0.717, 1.165) is 15.6 Å². The topological polar surface area (TPSA) is 101 Å². The monoisotopic (exact) mass is 604 g/mol. The molecule has 8 nitrogen and oxygen atoms in total. The molecule has 1 N–H and O–H groups in total. The van der Waals surface area contributed by atoms with Crippen LogP contribution in [0.1, 0.15) is 45.7 Å². The maximum absolute atomic E-state index is 11.7. The van der Waals surface area contributed by atoms with Gasteiger partial charge in [-0.25, -0.2) is 9.59 Å². The molecule has 0 spiro atoms. The molecule has 0 aromatic heterocycles. The largest absolute Gasteiger partial charge is 0.508 e. The Morgan fingerprint density at radius 3 is 1.79 bits per heavy atom.